The maximum atomic E-state index is 12.8. The van der Waals surface area contributed by atoms with Crippen molar-refractivity contribution in [3.05, 3.63) is 33.7 Å². The highest BCUT2D eigenvalue weighted by Crippen LogP contribution is 2.30. The molecule has 8 heteroatoms. The Labute approximate surface area is 151 Å². The molecule has 2 aliphatic rings. The van der Waals surface area contributed by atoms with E-state index in [-0.39, 0.29) is 36.7 Å². The summed E-state index contributed by atoms with van der Waals surface area (Å²) >= 11 is 0. The lowest BCUT2D eigenvalue weighted by Gasteiger charge is -2.32. The Hall–Kier alpha value is -1.83. The molecule has 1 aliphatic carbocycles. The molecule has 1 amide bonds. The fourth-order valence-electron chi connectivity index (χ4n) is 3.38. The van der Waals surface area contributed by atoms with E-state index in [1.165, 1.54) is 15.9 Å². The summed E-state index contributed by atoms with van der Waals surface area (Å²) < 4.78 is 39.8. The molecule has 1 aliphatic heterocycles. The molecular formula is C18H26F3N3O2. The van der Waals surface area contributed by atoms with Crippen LogP contribution in [0.4, 0.5) is 13.2 Å². The molecule has 0 spiro atoms. The number of hydrogen-bond acceptors (Lipinski definition) is 3. The van der Waals surface area contributed by atoms with Gasteiger partial charge in [-0.1, -0.05) is 20.3 Å². The van der Waals surface area contributed by atoms with Gasteiger partial charge >= 0.3 is 6.18 Å². The minimum Gasteiger partial charge on any atom is -0.335 e. The van der Waals surface area contributed by atoms with Gasteiger partial charge in [0.15, 0.2) is 0 Å². The Kier molecular flexibility index (Phi) is 6.49. The molecule has 5 nitrogen and oxygen atoms in total. The summed E-state index contributed by atoms with van der Waals surface area (Å²) in [7, 11) is 0. The Morgan fingerprint density at radius 3 is 2.42 bits per heavy atom. The van der Waals surface area contributed by atoms with Crippen molar-refractivity contribution in [2.45, 2.75) is 64.8 Å². The van der Waals surface area contributed by atoms with Gasteiger partial charge in [0.1, 0.15) is 0 Å². The number of nitrogens with two attached hydrogens (primary N) is 1. The van der Waals surface area contributed by atoms with Crippen LogP contribution >= 0.6 is 0 Å². The lowest BCUT2D eigenvalue weighted by molar-refractivity contribution is -0.138. The third-order valence-corrected chi connectivity index (χ3v) is 4.62. The zero-order valence-electron chi connectivity index (χ0n) is 15.2. The van der Waals surface area contributed by atoms with Crippen molar-refractivity contribution in [2.24, 2.45) is 11.7 Å². The summed E-state index contributed by atoms with van der Waals surface area (Å²) in [5.41, 5.74) is 4.40. The van der Waals surface area contributed by atoms with Crippen molar-refractivity contribution in [2.75, 3.05) is 6.54 Å². The summed E-state index contributed by atoms with van der Waals surface area (Å²) in [5, 5.41) is 0. The third-order valence-electron chi connectivity index (χ3n) is 4.62. The molecule has 0 aromatic carbocycles. The highest BCUT2D eigenvalue weighted by Gasteiger charge is 2.35. The number of alkyl halides is 3. The van der Waals surface area contributed by atoms with Gasteiger partial charge in [-0.15, -0.1) is 0 Å². The van der Waals surface area contributed by atoms with Gasteiger partial charge in [-0.3, -0.25) is 9.59 Å². The number of rotatable bonds is 1. The smallest absolute Gasteiger partial charge is 0.335 e. The van der Waals surface area contributed by atoms with Crippen LogP contribution in [0.2, 0.25) is 0 Å². The first-order valence-corrected chi connectivity index (χ1v) is 9.02. The van der Waals surface area contributed by atoms with Gasteiger partial charge in [-0.2, -0.15) is 13.2 Å². The van der Waals surface area contributed by atoms with E-state index in [0.717, 1.165) is 12.5 Å². The Balaban J connectivity index is 0.000000758. The number of pyridine rings is 1. The Morgan fingerprint density at radius 2 is 1.88 bits per heavy atom. The number of carbonyl (C=O) groups is 1. The maximum Gasteiger partial charge on any atom is 0.416 e. The molecule has 1 aromatic heterocycles. The summed E-state index contributed by atoms with van der Waals surface area (Å²) in [4.78, 5) is 25.9. The van der Waals surface area contributed by atoms with Crippen LogP contribution in [0.5, 0.6) is 0 Å². The van der Waals surface area contributed by atoms with Gasteiger partial charge in [0.25, 0.3) is 5.56 Å². The number of halogens is 3. The van der Waals surface area contributed by atoms with Crippen molar-refractivity contribution in [1.82, 2.24) is 9.47 Å². The number of hydrogen-bond donors (Lipinski definition) is 1. The molecule has 2 atom stereocenters. The van der Waals surface area contributed by atoms with Crippen LogP contribution < -0.4 is 11.3 Å². The summed E-state index contributed by atoms with van der Waals surface area (Å²) in [6.07, 6.45) is -1.20. The van der Waals surface area contributed by atoms with E-state index in [1.807, 2.05) is 0 Å². The van der Waals surface area contributed by atoms with E-state index in [4.69, 9.17) is 5.73 Å². The lowest BCUT2D eigenvalue weighted by atomic mass is 10.0. The largest absolute Gasteiger partial charge is 0.416 e. The minimum atomic E-state index is -4.57. The van der Waals surface area contributed by atoms with Crippen molar-refractivity contribution in [3.8, 4) is 0 Å². The van der Waals surface area contributed by atoms with Crippen LogP contribution in [0.1, 0.15) is 50.8 Å². The molecule has 0 saturated heterocycles. The van der Waals surface area contributed by atoms with Crippen LogP contribution in [0.25, 0.3) is 0 Å². The van der Waals surface area contributed by atoms with Gasteiger partial charge in [-0.05, 0) is 25.3 Å². The molecule has 2 heterocycles. The predicted octanol–water partition coefficient (Wildman–Crippen LogP) is 2.75. The van der Waals surface area contributed by atoms with Gasteiger partial charge in [-0.25, -0.2) is 0 Å². The number of nitrogens with zero attached hydrogens (tertiary/aromatic N) is 2. The Morgan fingerprint density at radius 1 is 1.23 bits per heavy atom. The van der Waals surface area contributed by atoms with E-state index in [9.17, 15) is 22.8 Å². The van der Waals surface area contributed by atoms with Crippen molar-refractivity contribution >= 4 is 5.91 Å². The quantitative estimate of drug-likeness (QED) is 0.823. The molecule has 3 rings (SSSR count). The standard InChI is InChI=1S/C15H18F3N3O2.C3H8/c16-15(17,18)10-6-12-8-20(3-4-21(12)13(22)7-10)14(23)9-1-2-11(19)5-9;1-3-2/h6-7,9,11H,1-5,8,19H2;3H2,1-2H3/t9-,11+;/m0./s1. The average Bonchev–Trinajstić information content (AvgIpc) is 3.00. The highest BCUT2D eigenvalue weighted by molar-refractivity contribution is 5.79. The first-order valence-electron chi connectivity index (χ1n) is 9.02. The first kappa shape index (κ1) is 20.5. The Bertz CT molecular complexity index is 700. The van der Waals surface area contributed by atoms with E-state index in [2.05, 4.69) is 13.8 Å². The average molecular weight is 373 g/mol. The zero-order chi connectivity index (χ0) is 19.5. The molecular weight excluding hydrogens is 347 g/mol. The number of carbonyl (C=O) groups excluding carboxylic acids is 1. The first-order chi connectivity index (χ1) is 12.2. The molecule has 0 bridgehead atoms. The summed E-state index contributed by atoms with van der Waals surface area (Å²) in [6.45, 7) is 4.84. The number of aromatic nitrogens is 1. The molecule has 1 aromatic rings. The maximum absolute atomic E-state index is 12.8. The summed E-state index contributed by atoms with van der Waals surface area (Å²) in [6, 6.07) is 1.58. The highest BCUT2D eigenvalue weighted by atomic mass is 19.4. The lowest BCUT2D eigenvalue weighted by Crippen LogP contribution is -2.44. The van der Waals surface area contributed by atoms with Crippen LogP contribution in [-0.2, 0) is 24.1 Å². The van der Waals surface area contributed by atoms with E-state index in [1.54, 1.807) is 0 Å². The molecule has 1 saturated carbocycles. The van der Waals surface area contributed by atoms with Gasteiger partial charge in [0, 0.05) is 36.8 Å². The van der Waals surface area contributed by atoms with Crippen LogP contribution in [0.3, 0.4) is 0 Å². The SMILES string of the molecule is CCC.N[C@@H]1CC[C@H](C(=O)N2CCn3c(cc(C(F)(F)F)cc3=O)C2)C1. The monoisotopic (exact) mass is 373 g/mol. The second-order valence-electron chi connectivity index (χ2n) is 6.96. The molecule has 146 valence electrons. The normalized spacial score (nSPS) is 22.5. The van der Waals surface area contributed by atoms with Gasteiger partial charge < -0.3 is 15.2 Å². The second kappa shape index (κ2) is 8.24. The topological polar surface area (TPSA) is 68.3 Å². The van der Waals surface area contributed by atoms with Crippen molar-refractivity contribution in [3.63, 3.8) is 0 Å². The predicted molar refractivity (Wildman–Crippen MR) is 92.4 cm³/mol. The molecule has 1 fully saturated rings. The van der Waals surface area contributed by atoms with Gasteiger partial charge in [0.2, 0.25) is 5.91 Å². The van der Waals surface area contributed by atoms with Gasteiger partial charge in [0.05, 0.1) is 12.1 Å². The van der Waals surface area contributed by atoms with Crippen molar-refractivity contribution in [1.29, 1.82) is 0 Å². The van der Waals surface area contributed by atoms with Crippen LogP contribution in [0, 0.1) is 5.92 Å². The second-order valence-corrected chi connectivity index (χ2v) is 6.96. The zero-order valence-corrected chi connectivity index (χ0v) is 15.2. The molecule has 2 N–H and O–H groups in total. The fourth-order valence-corrected chi connectivity index (χ4v) is 3.38. The van der Waals surface area contributed by atoms with E-state index in [0.29, 0.717) is 25.5 Å². The van der Waals surface area contributed by atoms with E-state index >= 15 is 0 Å². The van der Waals surface area contributed by atoms with Crippen LogP contribution in [-0.4, -0.2) is 28.0 Å². The number of fused-ring (bicyclic) bond motifs is 1. The van der Waals surface area contributed by atoms with Crippen LogP contribution in [0.15, 0.2) is 16.9 Å². The molecule has 0 radical (unpaired) electrons. The van der Waals surface area contributed by atoms with Crippen molar-refractivity contribution < 1.29 is 18.0 Å². The fraction of sp³-hybridized carbons (Fsp3) is 0.667. The summed E-state index contributed by atoms with van der Waals surface area (Å²) in [5.74, 6) is -0.233. The minimum absolute atomic E-state index is 0.0143. The van der Waals surface area contributed by atoms with E-state index < -0.39 is 17.3 Å². The molecule has 26 heavy (non-hydrogen) atoms. The number of amides is 1. The third kappa shape index (κ3) is 4.66. The molecule has 0 unspecified atom stereocenters.